The van der Waals surface area contributed by atoms with Crippen molar-refractivity contribution in [2.75, 3.05) is 6.61 Å². The van der Waals surface area contributed by atoms with Crippen molar-refractivity contribution in [3.05, 3.63) is 64.7 Å². The Morgan fingerprint density at radius 1 is 1.07 bits per heavy atom. The lowest BCUT2D eigenvalue weighted by molar-refractivity contribution is 0.0624. The van der Waals surface area contributed by atoms with Crippen LogP contribution in [0, 0.1) is 13.8 Å². The quantitative estimate of drug-likeness (QED) is 0.683. The summed E-state index contributed by atoms with van der Waals surface area (Å²) in [5.74, 6) is -0.653. The standard InChI is InChI=1S/C21H27NO4S/c1-5-6-13-26-17(4)19-12-9-16(3)14-20(19)21(23)22-27(24,25)18-10-7-15(2)8-11-18/h7-12,14,17H,5-6,13H2,1-4H3,(H,22,23). The first-order valence-electron chi connectivity index (χ1n) is 9.10. The van der Waals surface area contributed by atoms with E-state index in [4.69, 9.17) is 4.74 Å². The lowest BCUT2D eigenvalue weighted by Gasteiger charge is -2.18. The molecule has 27 heavy (non-hydrogen) atoms. The Hall–Kier alpha value is -2.18. The number of hydrogen-bond donors (Lipinski definition) is 1. The van der Waals surface area contributed by atoms with Crippen molar-refractivity contribution >= 4 is 15.9 Å². The molecule has 2 aromatic carbocycles. The average molecular weight is 390 g/mol. The van der Waals surface area contributed by atoms with Crippen LogP contribution in [0.5, 0.6) is 0 Å². The van der Waals surface area contributed by atoms with E-state index in [0.29, 0.717) is 17.7 Å². The Morgan fingerprint density at radius 2 is 1.70 bits per heavy atom. The molecule has 2 aromatic rings. The second-order valence-corrected chi connectivity index (χ2v) is 8.39. The van der Waals surface area contributed by atoms with Gasteiger partial charge >= 0.3 is 0 Å². The first-order chi connectivity index (χ1) is 12.7. The van der Waals surface area contributed by atoms with Crippen LogP contribution in [0.25, 0.3) is 0 Å². The van der Waals surface area contributed by atoms with Gasteiger partial charge in [-0.3, -0.25) is 4.79 Å². The van der Waals surface area contributed by atoms with Crippen LogP contribution < -0.4 is 4.72 Å². The molecule has 146 valence electrons. The van der Waals surface area contributed by atoms with Gasteiger partial charge in [-0.05, 0) is 51.0 Å². The largest absolute Gasteiger partial charge is 0.374 e. The second-order valence-electron chi connectivity index (χ2n) is 6.70. The molecule has 0 bridgehead atoms. The van der Waals surface area contributed by atoms with Gasteiger partial charge in [0.25, 0.3) is 15.9 Å². The van der Waals surface area contributed by atoms with E-state index >= 15 is 0 Å². The second kappa shape index (κ2) is 9.15. The smallest absolute Gasteiger partial charge is 0.265 e. The van der Waals surface area contributed by atoms with Gasteiger partial charge in [-0.15, -0.1) is 0 Å². The van der Waals surface area contributed by atoms with Crippen LogP contribution in [0.1, 0.15) is 59.8 Å². The van der Waals surface area contributed by atoms with E-state index in [9.17, 15) is 13.2 Å². The summed E-state index contributed by atoms with van der Waals surface area (Å²) in [6, 6.07) is 11.8. The maximum atomic E-state index is 12.8. The highest BCUT2D eigenvalue weighted by atomic mass is 32.2. The highest BCUT2D eigenvalue weighted by Crippen LogP contribution is 2.23. The van der Waals surface area contributed by atoms with Gasteiger partial charge in [0.15, 0.2) is 0 Å². The minimum absolute atomic E-state index is 0.0582. The van der Waals surface area contributed by atoms with Gasteiger partial charge in [-0.1, -0.05) is 48.7 Å². The lowest BCUT2D eigenvalue weighted by Crippen LogP contribution is -2.31. The molecule has 0 aliphatic rings. The third-order valence-corrected chi connectivity index (χ3v) is 5.66. The van der Waals surface area contributed by atoms with Crippen LogP contribution in [0.4, 0.5) is 0 Å². The fourth-order valence-corrected chi connectivity index (χ4v) is 3.64. The summed E-state index contributed by atoms with van der Waals surface area (Å²) >= 11 is 0. The van der Waals surface area contributed by atoms with E-state index in [1.165, 1.54) is 12.1 Å². The maximum absolute atomic E-state index is 12.8. The van der Waals surface area contributed by atoms with Gasteiger partial charge in [0, 0.05) is 12.2 Å². The first kappa shape index (κ1) is 21.1. The normalized spacial score (nSPS) is 12.6. The fourth-order valence-electron chi connectivity index (χ4n) is 2.67. The summed E-state index contributed by atoms with van der Waals surface area (Å²) in [5, 5.41) is 0. The van der Waals surface area contributed by atoms with Gasteiger partial charge < -0.3 is 4.74 Å². The molecule has 2 rings (SSSR count). The molecule has 1 atom stereocenters. The number of carbonyl (C=O) groups excluding carboxylic acids is 1. The Labute approximate surface area is 161 Å². The molecule has 1 amide bonds. The number of benzene rings is 2. The van der Waals surface area contributed by atoms with Crippen molar-refractivity contribution in [2.24, 2.45) is 0 Å². The van der Waals surface area contributed by atoms with Crippen LogP contribution in [-0.4, -0.2) is 20.9 Å². The van der Waals surface area contributed by atoms with Gasteiger partial charge in [-0.25, -0.2) is 13.1 Å². The molecule has 0 heterocycles. The molecule has 0 aromatic heterocycles. The number of nitrogens with one attached hydrogen (secondary N) is 1. The highest BCUT2D eigenvalue weighted by Gasteiger charge is 2.22. The molecular formula is C21H27NO4S. The number of unbranched alkanes of at least 4 members (excludes halogenated alkanes) is 1. The van der Waals surface area contributed by atoms with Gasteiger partial charge in [0.1, 0.15) is 0 Å². The molecule has 0 aliphatic carbocycles. The number of amides is 1. The summed E-state index contributed by atoms with van der Waals surface area (Å²) in [6.07, 6.45) is 1.64. The third-order valence-electron chi connectivity index (χ3n) is 4.32. The highest BCUT2D eigenvalue weighted by molar-refractivity contribution is 7.90. The van der Waals surface area contributed by atoms with Crippen LogP contribution in [-0.2, 0) is 14.8 Å². The first-order valence-corrected chi connectivity index (χ1v) is 10.6. The molecule has 0 saturated carbocycles. The lowest BCUT2D eigenvalue weighted by atomic mass is 10.0. The molecular weight excluding hydrogens is 362 g/mol. The Balaban J connectivity index is 2.27. The maximum Gasteiger partial charge on any atom is 0.265 e. The summed E-state index contributed by atoms with van der Waals surface area (Å²) in [4.78, 5) is 12.8. The number of hydrogen-bond acceptors (Lipinski definition) is 4. The van der Waals surface area contributed by atoms with Crippen LogP contribution in [0.2, 0.25) is 0 Å². The van der Waals surface area contributed by atoms with Gasteiger partial charge in [0.05, 0.1) is 11.0 Å². The van der Waals surface area contributed by atoms with Gasteiger partial charge in [-0.2, -0.15) is 0 Å². The van der Waals surface area contributed by atoms with Crippen molar-refractivity contribution in [1.29, 1.82) is 0 Å². The number of rotatable bonds is 8. The van der Waals surface area contributed by atoms with Crippen molar-refractivity contribution in [2.45, 2.75) is 51.5 Å². The van der Waals surface area contributed by atoms with Crippen molar-refractivity contribution in [3.8, 4) is 0 Å². The summed E-state index contributed by atoms with van der Waals surface area (Å²) in [7, 11) is -3.94. The molecule has 1 unspecified atom stereocenters. The predicted molar refractivity (Wildman–Crippen MR) is 106 cm³/mol. The molecule has 1 N–H and O–H groups in total. The minimum Gasteiger partial charge on any atom is -0.374 e. The Bertz CT molecular complexity index is 889. The predicted octanol–water partition coefficient (Wildman–Crippen LogP) is 4.30. The third kappa shape index (κ3) is 5.65. The summed E-state index contributed by atoms with van der Waals surface area (Å²) in [5.41, 5.74) is 2.81. The average Bonchev–Trinajstić information content (AvgIpc) is 2.61. The summed E-state index contributed by atoms with van der Waals surface area (Å²) in [6.45, 7) is 8.26. The zero-order valence-corrected chi connectivity index (χ0v) is 17.1. The van der Waals surface area contributed by atoms with E-state index in [1.54, 1.807) is 18.2 Å². The van der Waals surface area contributed by atoms with Crippen LogP contribution in [0.3, 0.4) is 0 Å². The monoisotopic (exact) mass is 389 g/mol. The molecule has 0 saturated heterocycles. The number of aryl methyl sites for hydroxylation is 2. The van der Waals surface area contributed by atoms with Crippen LogP contribution >= 0.6 is 0 Å². The molecule has 5 nitrogen and oxygen atoms in total. The number of sulfonamides is 1. The van der Waals surface area contributed by atoms with Gasteiger partial charge in [0.2, 0.25) is 0 Å². The van der Waals surface area contributed by atoms with Crippen molar-refractivity contribution < 1.29 is 17.9 Å². The molecule has 6 heteroatoms. The van der Waals surface area contributed by atoms with E-state index < -0.39 is 15.9 Å². The summed E-state index contributed by atoms with van der Waals surface area (Å²) < 4.78 is 33.1. The van der Waals surface area contributed by atoms with Crippen LogP contribution in [0.15, 0.2) is 47.4 Å². The zero-order valence-electron chi connectivity index (χ0n) is 16.3. The van der Waals surface area contributed by atoms with Crippen molar-refractivity contribution in [1.82, 2.24) is 4.72 Å². The number of carbonyl (C=O) groups is 1. The SMILES string of the molecule is CCCCOC(C)c1ccc(C)cc1C(=O)NS(=O)(=O)c1ccc(C)cc1. The Kier molecular flexibility index (Phi) is 7.16. The van der Waals surface area contributed by atoms with E-state index in [0.717, 1.165) is 24.0 Å². The molecule has 0 fully saturated rings. The topological polar surface area (TPSA) is 72.5 Å². The molecule has 0 spiro atoms. The van der Waals surface area contributed by atoms with E-state index in [2.05, 4.69) is 11.6 Å². The number of ether oxygens (including phenoxy) is 1. The van der Waals surface area contributed by atoms with E-state index in [1.807, 2.05) is 32.9 Å². The molecule has 0 radical (unpaired) electrons. The fraction of sp³-hybridized carbons (Fsp3) is 0.381. The Morgan fingerprint density at radius 3 is 2.33 bits per heavy atom. The van der Waals surface area contributed by atoms with E-state index in [-0.39, 0.29) is 11.0 Å². The van der Waals surface area contributed by atoms with Crippen molar-refractivity contribution in [3.63, 3.8) is 0 Å². The minimum atomic E-state index is -3.94. The zero-order chi connectivity index (χ0) is 20.0. The molecule has 0 aliphatic heterocycles.